The predicted molar refractivity (Wildman–Crippen MR) is 69.1 cm³/mol. The van der Waals surface area contributed by atoms with E-state index in [1.54, 1.807) is 12.1 Å². The Kier molecular flexibility index (Phi) is 4.68. The fraction of sp³-hybridized carbons (Fsp3) is 0.500. The van der Waals surface area contributed by atoms with E-state index in [-0.39, 0.29) is 10.9 Å². The molecule has 5 heteroatoms. The van der Waals surface area contributed by atoms with Gasteiger partial charge in [-0.1, -0.05) is 19.1 Å². The van der Waals surface area contributed by atoms with E-state index in [0.29, 0.717) is 6.04 Å². The maximum atomic E-state index is 11.2. The summed E-state index contributed by atoms with van der Waals surface area (Å²) in [6, 6.07) is 7.23. The van der Waals surface area contributed by atoms with Gasteiger partial charge in [-0.15, -0.1) is 0 Å². The highest BCUT2D eigenvalue weighted by molar-refractivity contribution is 7.89. The molecular weight excluding hydrogens is 236 g/mol. The average Bonchev–Trinajstić information content (AvgIpc) is 2.28. The van der Waals surface area contributed by atoms with Crippen molar-refractivity contribution in [1.82, 2.24) is 5.32 Å². The van der Waals surface area contributed by atoms with Crippen LogP contribution < -0.4 is 10.5 Å². The lowest BCUT2D eigenvalue weighted by atomic mass is 10.1. The van der Waals surface area contributed by atoms with Crippen LogP contribution in [-0.2, 0) is 10.0 Å². The number of rotatable bonds is 5. The number of primary sulfonamides is 1. The lowest BCUT2D eigenvalue weighted by Crippen LogP contribution is -2.28. The van der Waals surface area contributed by atoms with Gasteiger partial charge >= 0.3 is 0 Å². The lowest BCUT2D eigenvalue weighted by molar-refractivity contribution is 0.469. The number of nitrogens with two attached hydrogens (primary N) is 1. The van der Waals surface area contributed by atoms with E-state index in [0.717, 1.165) is 12.0 Å². The van der Waals surface area contributed by atoms with E-state index >= 15 is 0 Å². The largest absolute Gasteiger partial charge is 0.308 e. The fourth-order valence-corrected chi connectivity index (χ4v) is 2.17. The van der Waals surface area contributed by atoms with Crippen molar-refractivity contribution >= 4 is 10.0 Å². The van der Waals surface area contributed by atoms with E-state index in [1.807, 2.05) is 13.0 Å². The third-order valence-corrected chi connectivity index (χ3v) is 3.74. The summed E-state index contributed by atoms with van der Waals surface area (Å²) in [6.45, 7) is 6.21. The average molecular weight is 256 g/mol. The molecule has 4 nitrogen and oxygen atoms in total. The molecule has 3 N–H and O–H groups in total. The molecule has 0 aliphatic carbocycles. The van der Waals surface area contributed by atoms with Gasteiger partial charge in [0.2, 0.25) is 10.0 Å². The quantitative estimate of drug-likeness (QED) is 0.843. The zero-order valence-corrected chi connectivity index (χ0v) is 11.3. The van der Waals surface area contributed by atoms with Gasteiger partial charge < -0.3 is 5.32 Å². The van der Waals surface area contributed by atoms with Crippen molar-refractivity contribution < 1.29 is 8.42 Å². The summed E-state index contributed by atoms with van der Waals surface area (Å²) in [5.74, 6) is 0. The number of hydrogen-bond donors (Lipinski definition) is 2. The first-order chi connectivity index (χ1) is 7.84. The second-order valence-corrected chi connectivity index (χ2v) is 5.88. The lowest BCUT2D eigenvalue weighted by Gasteiger charge is -2.19. The summed E-state index contributed by atoms with van der Waals surface area (Å²) in [6.07, 6.45) is 1.03. The molecule has 96 valence electrons. The Morgan fingerprint density at radius 1 is 1.35 bits per heavy atom. The number of nitrogens with one attached hydrogen (secondary N) is 1. The van der Waals surface area contributed by atoms with Gasteiger partial charge in [-0.25, -0.2) is 13.6 Å². The molecule has 0 aromatic heterocycles. The Labute approximate surface area is 103 Å². The van der Waals surface area contributed by atoms with Crippen molar-refractivity contribution in [3.8, 4) is 0 Å². The monoisotopic (exact) mass is 256 g/mol. The minimum atomic E-state index is -3.62. The topological polar surface area (TPSA) is 72.2 Å². The molecule has 0 heterocycles. The van der Waals surface area contributed by atoms with Gasteiger partial charge in [0.15, 0.2) is 0 Å². The summed E-state index contributed by atoms with van der Waals surface area (Å²) >= 11 is 0. The van der Waals surface area contributed by atoms with Crippen LogP contribution >= 0.6 is 0 Å². The molecule has 1 rings (SSSR count). The van der Waals surface area contributed by atoms with E-state index in [2.05, 4.69) is 19.2 Å². The standard InChI is InChI=1S/C12H20N2O2S/c1-4-9(2)14-10(3)11-6-5-7-12(8-11)17(13,15)16/h5-10,14H,4H2,1-3H3,(H2,13,15,16). The van der Waals surface area contributed by atoms with E-state index in [1.165, 1.54) is 6.07 Å². The van der Waals surface area contributed by atoms with Gasteiger partial charge in [0.05, 0.1) is 4.90 Å². The fourth-order valence-electron chi connectivity index (χ4n) is 1.60. The Bertz CT molecular complexity index is 471. The Morgan fingerprint density at radius 3 is 2.53 bits per heavy atom. The maximum absolute atomic E-state index is 11.2. The molecule has 0 aliphatic heterocycles. The molecule has 0 bridgehead atoms. The van der Waals surface area contributed by atoms with Crippen molar-refractivity contribution in [2.24, 2.45) is 5.14 Å². The van der Waals surface area contributed by atoms with Crippen LogP contribution in [0.15, 0.2) is 29.2 Å². The molecule has 0 spiro atoms. The van der Waals surface area contributed by atoms with Crippen LogP contribution in [0.3, 0.4) is 0 Å². The van der Waals surface area contributed by atoms with Crippen molar-refractivity contribution in [3.05, 3.63) is 29.8 Å². The van der Waals surface area contributed by atoms with Gasteiger partial charge in [-0.05, 0) is 38.0 Å². The van der Waals surface area contributed by atoms with Crippen LogP contribution in [0.25, 0.3) is 0 Å². The predicted octanol–water partition coefficient (Wildman–Crippen LogP) is 1.78. The minimum absolute atomic E-state index is 0.103. The van der Waals surface area contributed by atoms with Gasteiger partial charge in [-0.3, -0.25) is 0 Å². The second kappa shape index (κ2) is 5.62. The second-order valence-electron chi connectivity index (χ2n) is 4.32. The van der Waals surface area contributed by atoms with Gasteiger partial charge in [0.1, 0.15) is 0 Å². The highest BCUT2D eigenvalue weighted by Gasteiger charge is 2.12. The normalized spacial score (nSPS) is 15.5. The Morgan fingerprint density at radius 2 is 2.00 bits per heavy atom. The molecule has 0 saturated carbocycles. The zero-order chi connectivity index (χ0) is 13.1. The summed E-state index contributed by atoms with van der Waals surface area (Å²) in [4.78, 5) is 0.160. The third kappa shape index (κ3) is 4.11. The van der Waals surface area contributed by atoms with E-state index in [4.69, 9.17) is 5.14 Å². The van der Waals surface area contributed by atoms with Crippen LogP contribution in [0.4, 0.5) is 0 Å². The number of sulfonamides is 1. The smallest absolute Gasteiger partial charge is 0.238 e. The van der Waals surface area contributed by atoms with Crippen molar-refractivity contribution in [1.29, 1.82) is 0 Å². The Balaban J connectivity index is 2.92. The minimum Gasteiger partial charge on any atom is -0.308 e. The molecule has 17 heavy (non-hydrogen) atoms. The highest BCUT2D eigenvalue weighted by atomic mass is 32.2. The number of benzene rings is 1. The zero-order valence-electron chi connectivity index (χ0n) is 10.5. The van der Waals surface area contributed by atoms with Crippen molar-refractivity contribution in [3.63, 3.8) is 0 Å². The van der Waals surface area contributed by atoms with Crippen LogP contribution in [0.1, 0.15) is 38.8 Å². The molecule has 1 aromatic carbocycles. The van der Waals surface area contributed by atoms with Gasteiger partial charge in [-0.2, -0.15) is 0 Å². The molecular formula is C12H20N2O2S. The highest BCUT2D eigenvalue weighted by Crippen LogP contribution is 2.17. The maximum Gasteiger partial charge on any atom is 0.238 e. The summed E-state index contributed by atoms with van der Waals surface area (Å²) in [7, 11) is -3.62. The molecule has 0 aliphatic rings. The van der Waals surface area contributed by atoms with Crippen LogP contribution in [0.5, 0.6) is 0 Å². The molecule has 2 atom stereocenters. The number of hydrogen-bond acceptors (Lipinski definition) is 3. The van der Waals surface area contributed by atoms with Crippen molar-refractivity contribution in [2.45, 2.75) is 44.2 Å². The SMILES string of the molecule is CCC(C)NC(C)c1cccc(S(N)(=O)=O)c1. The van der Waals surface area contributed by atoms with Crippen LogP contribution in [0.2, 0.25) is 0 Å². The van der Waals surface area contributed by atoms with Crippen LogP contribution in [0, 0.1) is 0 Å². The van der Waals surface area contributed by atoms with E-state index in [9.17, 15) is 8.42 Å². The summed E-state index contributed by atoms with van der Waals surface area (Å²) < 4.78 is 22.5. The molecule has 0 radical (unpaired) electrons. The van der Waals surface area contributed by atoms with Gasteiger partial charge in [0.25, 0.3) is 0 Å². The molecule has 0 fully saturated rings. The summed E-state index contributed by atoms with van der Waals surface area (Å²) in [5.41, 5.74) is 0.928. The molecule has 1 aromatic rings. The third-order valence-electron chi connectivity index (χ3n) is 2.83. The van der Waals surface area contributed by atoms with Crippen molar-refractivity contribution in [2.75, 3.05) is 0 Å². The summed E-state index contributed by atoms with van der Waals surface area (Å²) in [5, 5.41) is 8.49. The molecule has 0 amide bonds. The van der Waals surface area contributed by atoms with E-state index < -0.39 is 10.0 Å². The first-order valence-corrected chi connectivity index (χ1v) is 7.28. The molecule has 2 unspecified atom stereocenters. The van der Waals surface area contributed by atoms with Gasteiger partial charge in [0, 0.05) is 12.1 Å². The molecule has 0 saturated heterocycles. The van der Waals surface area contributed by atoms with Crippen LogP contribution in [-0.4, -0.2) is 14.5 Å². The first kappa shape index (κ1) is 14.2. The Hall–Kier alpha value is -0.910. The first-order valence-electron chi connectivity index (χ1n) is 5.73.